The molecule has 150 valence electrons. The zero-order valence-electron chi connectivity index (χ0n) is 15.7. The molecule has 1 atom stereocenters. The lowest BCUT2D eigenvalue weighted by atomic mass is 10.0. The van der Waals surface area contributed by atoms with Crippen LogP contribution in [0.5, 0.6) is 5.75 Å². The molecular formula is C21H24INO5. The molecule has 6 nitrogen and oxygen atoms in total. The van der Waals surface area contributed by atoms with Gasteiger partial charge in [0.05, 0.1) is 22.6 Å². The molecule has 28 heavy (non-hydrogen) atoms. The van der Waals surface area contributed by atoms with Crippen LogP contribution in [0, 0.1) is 3.57 Å². The summed E-state index contributed by atoms with van der Waals surface area (Å²) in [5.74, 6) is -0.300. The van der Waals surface area contributed by atoms with Crippen molar-refractivity contribution in [3.8, 4) is 5.75 Å². The van der Waals surface area contributed by atoms with Crippen molar-refractivity contribution >= 4 is 34.7 Å². The highest BCUT2D eigenvalue weighted by molar-refractivity contribution is 14.1. The van der Waals surface area contributed by atoms with Gasteiger partial charge in [-0.25, -0.2) is 4.79 Å². The lowest BCUT2D eigenvalue weighted by molar-refractivity contribution is -0.145. The van der Waals surface area contributed by atoms with E-state index in [2.05, 4.69) is 5.32 Å². The molecule has 0 saturated carbocycles. The summed E-state index contributed by atoms with van der Waals surface area (Å²) in [6.45, 7) is 2.49. The number of ether oxygens (including phenoxy) is 2. The number of esters is 1. The van der Waals surface area contributed by atoms with E-state index in [0.717, 1.165) is 18.4 Å². The second-order valence-electron chi connectivity index (χ2n) is 6.25. The number of unbranched alkanes of at least 4 members (excludes halogenated alkanes) is 1. The molecule has 0 aromatic heterocycles. The van der Waals surface area contributed by atoms with Crippen LogP contribution in [0.15, 0.2) is 48.5 Å². The van der Waals surface area contributed by atoms with Gasteiger partial charge < -0.3 is 19.9 Å². The molecular weight excluding hydrogens is 473 g/mol. The first-order chi connectivity index (χ1) is 13.5. The number of halogens is 1. The minimum absolute atomic E-state index is 0.0451. The Labute approximate surface area is 178 Å². The van der Waals surface area contributed by atoms with Crippen molar-refractivity contribution in [1.29, 1.82) is 0 Å². The normalized spacial score (nSPS) is 11.5. The second kappa shape index (κ2) is 11.5. The molecule has 0 bridgehead atoms. The third-order valence-corrected chi connectivity index (χ3v) is 4.87. The molecule has 2 rings (SSSR count). The van der Waals surface area contributed by atoms with Gasteiger partial charge in [0.15, 0.2) is 0 Å². The van der Waals surface area contributed by atoms with Crippen LogP contribution in [-0.4, -0.2) is 23.8 Å². The topological polar surface area (TPSA) is 84.9 Å². The fourth-order valence-corrected chi connectivity index (χ4v) is 2.99. The van der Waals surface area contributed by atoms with E-state index in [-0.39, 0.29) is 18.8 Å². The third kappa shape index (κ3) is 7.38. The molecule has 1 unspecified atom stereocenters. The van der Waals surface area contributed by atoms with Crippen LogP contribution in [-0.2, 0) is 20.9 Å². The van der Waals surface area contributed by atoms with Gasteiger partial charge in [-0.2, -0.15) is 0 Å². The van der Waals surface area contributed by atoms with Gasteiger partial charge in [-0.3, -0.25) is 4.79 Å². The molecule has 7 heteroatoms. The quantitative estimate of drug-likeness (QED) is 0.298. The molecule has 2 aromatic rings. The van der Waals surface area contributed by atoms with Crippen LogP contribution in [0.1, 0.15) is 43.4 Å². The van der Waals surface area contributed by atoms with E-state index in [1.807, 2.05) is 59.8 Å². The van der Waals surface area contributed by atoms with Crippen molar-refractivity contribution in [3.63, 3.8) is 0 Å². The molecule has 0 saturated heterocycles. The summed E-state index contributed by atoms with van der Waals surface area (Å²) < 4.78 is 11.1. The highest BCUT2D eigenvalue weighted by Gasteiger charge is 2.21. The van der Waals surface area contributed by atoms with Crippen LogP contribution in [0.25, 0.3) is 0 Å². The molecule has 0 heterocycles. The van der Waals surface area contributed by atoms with E-state index in [0.29, 0.717) is 15.7 Å². The molecule has 0 aliphatic heterocycles. The maximum absolute atomic E-state index is 12.3. The van der Waals surface area contributed by atoms with Crippen molar-refractivity contribution in [2.45, 2.75) is 38.8 Å². The molecule has 0 fully saturated rings. The maximum atomic E-state index is 12.3. The average Bonchev–Trinajstić information content (AvgIpc) is 2.69. The number of phenolic OH excluding ortho intramolecular Hbond substituents is 1. The van der Waals surface area contributed by atoms with Crippen molar-refractivity contribution in [1.82, 2.24) is 5.32 Å². The fraction of sp³-hybridized carbons (Fsp3) is 0.333. The summed E-state index contributed by atoms with van der Waals surface area (Å²) in [7, 11) is 0. The predicted octanol–water partition coefficient (Wildman–Crippen LogP) is 4.70. The Balaban J connectivity index is 2.03. The Morgan fingerprint density at radius 3 is 2.57 bits per heavy atom. The minimum Gasteiger partial charge on any atom is -0.507 e. The lowest BCUT2D eigenvalue weighted by Crippen LogP contribution is -2.31. The minimum atomic E-state index is -0.619. The number of carbonyl (C=O) groups excluding carboxylic acids is 2. The highest BCUT2D eigenvalue weighted by Crippen LogP contribution is 2.26. The summed E-state index contributed by atoms with van der Waals surface area (Å²) in [5, 5.41) is 12.5. The van der Waals surface area contributed by atoms with Crippen LogP contribution < -0.4 is 5.32 Å². The summed E-state index contributed by atoms with van der Waals surface area (Å²) in [6, 6.07) is 13.7. The molecule has 0 radical (unpaired) electrons. The third-order valence-electron chi connectivity index (χ3n) is 4.01. The predicted molar refractivity (Wildman–Crippen MR) is 114 cm³/mol. The maximum Gasteiger partial charge on any atom is 0.407 e. The largest absolute Gasteiger partial charge is 0.507 e. The van der Waals surface area contributed by atoms with Crippen LogP contribution >= 0.6 is 22.6 Å². The zero-order valence-corrected chi connectivity index (χ0v) is 17.8. The first-order valence-corrected chi connectivity index (χ1v) is 10.2. The fourth-order valence-electron chi connectivity index (χ4n) is 2.45. The SMILES string of the molecule is CCCCOC(=O)NC(CC(=O)OCc1ccccc1)c1ccc(O)c(I)c1. The molecule has 0 aliphatic rings. The van der Waals surface area contributed by atoms with Crippen LogP contribution in [0.2, 0.25) is 0 Å². The number of alkyl carbamates (subject to hydrolysis) is 1. The molecule has 1 amide bonds. The molecule has 2 N–H and O–H groups in total. The number of phenols is 1. The van der Waals surface area contributed by atoms with Gasteiger partial charge >= 0.3 is 12.1 Å². The van der Waals surface area contributed by atoms with Gasteiger partial charge in [-0.05, 0) is 52.3 Å². The molecule has 0 aliphatic carbocycles. The molecule has 0 spiro atoms. The Kier molecular flexibility index (Phi) is 9.06. The van der Waals surface area contributed by atoms with Gasteiger partial charge in [0.25, 0.3) is 0 Å². The first-order valence-electron chi connectivity index (χ1n) is 9.10. The van der Waals surface area contributed by atoms with Gasteiger partial charge in [0, 0.05) is 0 Å². The lowest BCUT2D eigenvalue weighted by Gasteiger charge is -2.19. The zero-order chi connectivity index (χ0) is 20.4. The van der Waals surface area contributed by atoms with Crippen molar-refractivity contribution in [3.05, 3.63) is 63.2 Å². The Bertz CT molecular complexity index is 782. The van der Waals surface area contributed by atoms with E-state index in [4.69, 9.17) is 9.47 Å². The average molecular weight is 497 g/mol. The van der Waals surface area contributed by atoms with Gasteiger partial charge in [-0.1, -0.05) is 49.7 Å². The number of aromatic hydroxyl groups is 1. The van der Waals surface area contributed by atoms with Gasteiger partial charge in [-0.15, -0.1) is 0 Å². The van der Waals surface area contributed by atoms with E-state index in [1.165, 1.54) is 6.07 Å². The van der Waals surface area contributed by atoms with E-state index in [9.17, 15) is 14.7 Å². The Morgan fingerprint density at radius 1 is 1.14 bits per heavy atom. The Hall–Kier alpha value is -2.29. The number of carbonyl (C=O) groups is 2. The van der Waals surface area contributed by atoms with E-state index >= 15 is 0 Å². The number of amides is 1. The number of rotatable bonds is 9. The highest BCUT2D eigenvalue weighted by atomic mass is 127. The summed E-state index contributed by atoms with van der Waals surface area (Å²) >= 11 is 1.99. The number of nitrogens with one attached hydrogen (secondary N) is 1. The van der Waals surface area contributed by atoms with E-state index in [1.54, 1.807) is 12.1 Å². The summed E-state index contributed by atoms with van der Waals surface area (Å²) in [5.41, 5.74) is 1.57. The van der Waals surface area contributed by atoms with Crippen molar-refractivity contribution in [2.75, 3.05) is 6.61 Å². The number of benzene rings is 2. The smallest absolute Gasteiger partial charge is 0.407 e. The monoisotopic (exact) mass is 497 g/mol. The number of hydrogen-bond donors (Lipinski definition) is 2. The van der Waals surface area contributed by atoms with Crippen molar-refractivity contribution < 1.29 is 24.2 Å². The number of hydrogen-bond acceptors (Lipinski definition) is 5. The molecule has 2 aromatic carbocycles. The van der Waals surface area contributed by atoms with Crippen LogP contribution in [0.3, 0.4) is 0 Å². The Morgan fingerprint density at radius 2 is 1.89 bits per heavy atom. The van der Waals surface area contributed by atoms with Crippen molar-refractivity contribution in [2.24, 2.45) is 0 Å². The van der Waals surface area contributed by atoms with Gasteiger partial charge in [0.2, 0.25) is 0 Å². The van der Waals surface area contributed by atoms with Crippen LogP contribution in [0.4, 0.5) is 4.79 Å². The summed E-state index contributed by atoms with van der Waals surface area (Å²) in [6.07, 6.45) is 1.06. The standard InChI is InChI=1S/C21H24INO5/c1-2-3-11-27-21(26)23-18(16-9-10-19(24)17(22)12-16)13-20(25)28-14-15-7-5-4-6-8-15/h4-10,12,18,24H,2-3,11,13-14H2,1H3,(H,23,26). The van der Waals surface area contributed by atoms with E-state index < -0.39 is 18.1 Å². The van der Waals surface area contributed by atoms with Gasteiger partial charge in [0.1, 0.15) is 12.4 Å². The second-order valence-corrected chi connectivity index (χ2v) is 7.41. The summed E-state index contributed by atoms with van der Waals surface area (Å²) in [4.78, 5) is 24.4. The first kappa shape index (κ1) is 22.0.